The van der Waals surface area contributed by atoms with Crippen molar-refractivity contribution >= 4 is 55.4 Å². The molecule has 0 unspecified atom stereocenters. The molecule has 0 aliphatic rings. The number of sulfonamides is 1. The van der Waals surface area contributed by atoms with E-state index in [0.717, 1.165) is 6.26 Å². The first-order valence-corrected chi connectivity index (χ1v) is 10.3. The number of nitrogens with zero attached hydrogens (tertiary/aromatic N) is 1. The number of anilines is 1. The standard InChI is InChI=1S/C16H13FIN3O4S/c1-19-15(22)12-10-7-11(18)14(21-26(2,23)24)20-16(10)25-13(12)8-3-5-9(17)6-4-8/h3-7H,1-2H3,(H,19,22)(H,20,21). The molecule has 2 aromatic heterocycles. The number of halogens is 2. The maximum atomic E-state index is 13.2. The summed E-state index contributed by atoms with van der Waals surface area (Å²) in [7, 11) is -2.05. The van der Waals surface area contributed by atoms with E-state index >= 15 is 0 Å². The molecular formula is C16H13FIN3O4S. The van der Waals surface area contributed by atoms with Crippen LogP contribution in [-0.4, -0.2) is 32.6 Å². The smallest absolute Gasteiger partial charge is 0.255 e. The van der Waals surface area contributed by atoms with Crippen LogP contribution in [0.15, 0.2) is 34.7 Å². The van der Waals surface area contributed by atoms with E-state index in [1.54, 1.807) is 6.07 Å². The van der Waals surface area contributed by atoms with Gasteiger partial charge < -0.3 is 9.73 Å². The van der Waals surface area contributed by atoms with E-state index in [9.17, 15) is 17.6 Å². The normalized spacial score (nSPS) is 11.5. The summed E-state index contributed by atoms with van der Waals surface area (Å²) < 4.78 is 44.7. The van der Waals surface area contributed by atoms with Gasteiger partial charge >= 0.3 is 0 Å². The lowest BCUT2D eigenvalue weighted by Gasteiger charge is -2.05. The van der Waals surface area contributed by atoms with E-state index in [0.29, 0.717) is 14.5 Å². The molecule has 7 nitrogen and oxygen atoms in total. The number of hydrogen-bond acceptors (Lipinski definition) is 5. The molecule has 0 aliphatic heterocycles. The van der Waals surface area contributed by atoms with Crippen molar-refractivity contribution in [2.24, 2.45) is 0 Å². The highest BCUT2D eigenvalue weighted by Gasteiger charge is 2.24. The molecule has 2 N–H and O–H groups in total. The van der Waals surface area contributed by atoms with Crippen molar-refractivity contribution in [3.63, 3.8) is 0 Å². The van der Waals surface area contributed by atoms with Gasteiger partial charge in [0.2, 0.25) is 15.7 Å². The molecule has 136 valence electrons. The van der Waals surface area contributed by atoms with Crippen molar-refractivity contribution in [3.05, 3.63) is 45.3 Å². The first-order chi connectivity index (χ1) is 12.2. The molecule has 0 radical (unpaired) electrons. The van der Waals surface area contributed by atoms with E-state index in [-0.39, 0.29) is 22.9 Å². The minimum atomic E-state index is -3.53. The average molecular weight is 489 g/mol. The zero-order valence-corrected chi connectivity index (χ0v) is 16.6. The van der Waals surface area contributed by atoms with Crippen molar-refractivity contribution in [2.75, 3.05) is 18.0 Å². The number of pyridine rings is 1. The molecule has 0 saturated heterocycles. The first kappa shape index (κ1) is 18.6. The first-order valence-electron chi connectivity index (χ1n) is 7.28. The van der Waals surface area contributed by atoms with Gasteiger partial charge in [-0.3, -0.25) is 9.52 Å². The molecule has 1 aromatic carbocycles. The lowest BCUT2D eigenvalue weighted by molar-refractivity contribution is 0.0964. The van der Waals surface area contributed by atoms with Crippen molar-refractivity contribution in [1.29, 1.82) is 0 Å². The highest BCUT2D eigenvalue weighted by atomic mass is 127. The SMILES string of the molecule is CNC(=O)c1c(-c2ccc(F)cc2)oc2nc(NS(C)(=O)=O)c(I)cc12. The molecule has 26 heavy (non-hydrogen) atoms. The van der Waals surface area contributed by atoms with E-state index in [1.807, 2.05) is 22.6 Å². The van der Waals surface area contributed by atoms with Crippen LogP contribution >= 0.6 is 22.6 Å². The number of fused-ring (bicyclic) bond motifs is 1. The van der Waals surface area contributed by atoms with Gasteiger partial charge in [-0.15, -0.1) is 0 Å². The highest BCUT2D eigenvalue weighted by Crippen LogP contribution is 2.35. The fraction of sp³-hybridized carbons (Fsp3) is 0.125. The highest BCUT2D eigenvalue weighted by molar-refractivity contribution is 14.1. The van der Waals surface area contributed by atoms with Crippen LogP contribution in [0, 0.1) is 9.39 Å². The number of carbonyl (C=O) groups is 1. The summed E-state index contributed by atoms with van der Waals surface area (Å²) in [6.07, 6.45) is 1.01. The van der Waals surface area contributed by atoms with Crippen LogP contribution in [0.5, 0.6) is 0 Å². The summed E-state index contributed by atoms with van der Waals surface area (Å²) in [6.45, 7) is 0. The number of furan rings is 1. The van der Waals surface area contributed by atoms with Crippen LogP contribution in [0.25, 0.3) is 22.4 Å². The lowest BCUT2D eigenvalue weighted by Crippen LogP contribution is -2.18. The van der Waals surface area contributed by atoms with E-state index < -0.39 is 21.7 Å². The second-order valence-electron chi connectivity index (χ2n) is 5.44. The van der Waals surface area contributed by atoms with E-state index in [4.69, 9.17) is 4.42 Å². The predicted molar refractivity (Wildman–Crippen MR) is 104 cm³/mol. The fourth-order valence-electron chi connectivity index (χ4n) is 2.40. The summed E-state index contributed by atoms with van der Waals surface area (Å²) in [6, 6.07) is 7.09. The summed E-state index contributed by atoms with van der Waals surface area (Å²) in [5, 5.41) is 2.96. The molecule has 3 aromatic rings. The number of nitrogens with one attached hydrogen (secondary N) is 2. The Kier molecular flexibility index (Phi) is 4.88. The number of aromatic nitrogens is 1. The van der Waals surface area contributed by atoms with Gasteiger partial charge in [0.25, 0.3) is 5.91 Å². The second-order valence-corrected chi connectivity index (χ2v) is 8.35. The molecule has 0 fully saturated rings. The van der Waals surface area contributed by atoms with Crippen molar-refractivity contribution in [3.8, 4) is 11.3 Å². The van der Waals surface area contributed by atoms with Crippen molar-refractivity contribution in [1.82, 2.24) is 10.3 Å². The molecule has 3 rings (SSSR count). The molecular weight excluding hydrogens is 476 g/mol. The third-order valence-electron chi connectivity index (χ3n) is 3.48. The Bertz CT molecular complexity index is 1110. The fourth-order valence-corrected chi connectivity index (χ4v) is 3.66. The summed E-state index contributed by atoms with van der Waals surface area (Å²) in [5.41, 5.74) is 0.829. The third-order valence-corrected chi connectivity index (χ3v) is 4.87. The molecule has 0 aliphatic carbocycles. The minimum Gasteiger partial charge on any atom is -0.437 e. The number of carbonyl (C=O) groups excluding carboxylic acids is 1. The van der Waals surface area contributed by atoms with Gasteiger partial charge in [-0.05, 0) is 52.9 Å². The number of amides is 1. The molecule has 0 spiro atoms. The quantitative estimate of drug-likeness (QED) is 0.549. The summed E-state index contributed by atoms with van der Waals surface area (Å²) >= 11 is 1.92. The third kappa shape index (κ3) is 3.65. The van der Waals surface area contributed by atoms with Crippen LogP contribution in [0.2, 0.25) is 0 Å². The summed E-state index contributed by atoms with van der Waals surface area (Å²) in [4.78, 5) is 16.6. The van der Waals surface area contributed by atoms with Gasteiger partial charge in [-0.2, -0.15) is 4.98 Å². The number of rotatable bonds is 4. The topological polar surface area (TPSA) is 101 Å². The largest absolute Gasteiger partial charge is 0.437 e. The van der Waals surface area contributed by atoms with Crippen LogP contribution in [0.1, 0.15) is 10.4 Å². The molecule has 0 atom stereocenters. The average Bonchev–Trinajstić information content (AvgIpc) is 2.92. The van der Waals surface area contributed by atoms with Crippen molar-refractivity contribution in [2.45, 2.75) is 0 Å². The van der Waals surface area contributed by atoms with Gasteiger partial charge in [0.1, 0.15) is 11.6 Å². The molecule has 0 bridgehead atoms. The van der Waals surface area contributed by atoms with Gasteiger partial charge in [-0.1, -0.05) is 0 Å². The zero-order chi connectivity index (χ0) is 19.1. The molecule has 2 heterocycles. The Balaban J connectivity index is 2.27. The van der Waals surface area contributed by atoms with Crippen molar-refractivity contribution < 1.29 is 22.0 Å². The van der Waals surface area contributed by atoms with Gasteiger partial charge in [0, 0.05) is 12.6 Å². The van der Waals surface area contributed by atoms with Crippen LogP contribution < -0.4 is 10.0 Å². The van der Waals surface area contributed by atoms with E-state index in [1.165, 1.54) is 31.3 Å². The van der Waals surface area contributed by atoms with Gasteiger partial charge in [0.15, 0.2) is 5.82 Å². The number of benzene rings is 1. The Morgan fingerprint density at radius 3 is 2.50 bits per heavy atom. The molecule has 0 saturated carbocycles. The maximum Gasteiger partial charge on any atom is 0.255 e. The Morgan fingerprint density at radius 1 is 1.27 bits per heavy atom. The Hall–Kier alpha value is -2.21. The Labute approximate surface area is 162 Å². The van der Waals surface area contributed by atoms with Gasteiger partial charge in [0.05, 0.1) is 20.8 Å². The molecule has 1 amide bonds. The maximum absolute atomic E-state index is 13.2. The van der Waals surface area contributed by atoms with Gasteiger partial charge in [-0.25, -0.2) is 12.8 Å². The monoisotopic (exact) mass is 489 g/mol. The van der Waals surface area contributed by atoms with Crippen LogP contribution in [-0.2, 0) is 10.0 Å². The Morgan fingerprint density at radius 2 is 1.92 bits per heavy atom. The summed E-state index contributed by atoms with van der Waals surface area (Å²) in [5.74, 6) is -0.495. The lowest BCUT2D eigenvalue weighted by atomic mass is 10.1. The second kappa shape index (κ2) is 6.83. The van der Waals surface area contributed by atoms with E-state index in [2.05, 4.69) is 15.0 Å². The number of hydrogen-bond donors (Lipinski definition) is 2. The molecule has 10 heteroatoms. The zero-order valence-electron chi connectivity index (χ0n) is 13.6. The van der Waals surface area contributed by atoms with Crippen LogP contribution in [0.4, 0.5) is 10.2 Å². The minimum absolute atomic E-state index is 0.0921. The van der Waals surface area contributed by atoms with Crippen LogP contribution in [0.3, 0.4) is 0 Å². The predicted octanol–water partition coefficient (Wildman–Crippen LogP) is 2.97.